The van der Waals surface area contributed by atoms with Crippen LogP contribution in [0.1, 0.15) is 46.8 Å². The number of rotatable bonds is 7. The van der Waals surface area contributed by atoms with Gasteiger partial charge in [0, 0.05) is 51.3 Å². The van der Waals surface area contributed by atoms with Gasteiger partial charge in [0.25, 0.3) is 5.91 Å². The Balaban J connectivity index is 1.38. The van der Waals surface area contributed by atoms with Crippen molar-refractivity contribution in [3.63, 3.8) is 0 Å². The molecule has 170 valence electrons. The molecule has 2 aliphatic heterocycles. The van der Waals surface area contributed by atoms with Gasteiger partial charge in [-0.2, -0.15) is 0 Å². The van der Waals surface area contributed by atoms with Gasteiger partial charge in [0.05, 0.1) is 17.4 Å². The number of hydrogen-bond donors (Lipinski definition) is 3. The summed E-state index contributed by atoms with van der Waals surface area (Å²) in [5, 5.41) is 6.43. The predicted octanol–water partition coefficient (Wildman–Crippen LogP) is 2.47. The molecule has 0 radical (unpaired) electrons. The van der Waals surface area contributed by atoms with Gasteiger partial charge in [0.1, 0.15) is 0 Å². The number of piperazine rings is 1. The molecule has 2 heterocycles. The molecule has 2 fully saturated rings. The molecule has 2 aromatic carbocycles. The Bertz CT molecular complexity index is 959. The van der Waals surface area contributed by atoms with Crippen LogP contribution in [-0.2, 0) is 4.79 Å². The van der Waals surface area contributed by atoms with E-state index in [-0.39, 0.29) is 17.9 Å². The smallest absolute Gasteiger partial charge is 0.251 e. The average molecular weight is 436 g/mol. The highest BCUT2D eigenvalue weighted by molar-refractivity contribution is 5.96. The van der Waals surface area contributed by atoms with E-state index in [2.05, 4.69) is 46.7 Å². The van der Waals surface area contributed by atoms with Crippen molar-refractivity contribution < 1.29 is 9.59 Å². The van der Waals surface area contributed by atoms with Crippen LogP contribution in [0.25, 0.3) is 0 Å². The number of carbonyl (C=O) groups excluding carboxylic acids is 2. The van der Waals surface area contributed by atoms with Crippen molar-refractivity contribution in [1.82, 2.24) is 15.5 Å². The Labute approximate surface area is 190 Å². The molecule has 0 spiro atoms. The van der Waals surface area contributed by atoms with Crippen molar-refractivity contribution in [3.05, 3.63) is 59.2 Å². The van der Waals surface area contributed by atoms with Gasteiger partial charge in [-0.05, 0) is 43.5 Å². The van der Waals surface area contributed by atoms with Crippen molar-refractivity contribution in [2.75, 3.05) is 49.9 Å². The molecule has 32 heavy (non-hydrogen) atoms. The molecule has 0 saturated carbocycles. The topological polar surface area (TPSA) is 90.7 Å². The molecular weight excluding hydrogens is 402 g/mol. The van der Waals surface area contributed by atoms with Crippen molar-refractivity contribution in [2.24, 2.45) is 0 Å². The maximum absolute atomic E-state index is 12.6. The van der Waals surface area contributed by atoms with E-state index in [0.717, 1.165) is 44.7 Å². The number of likely N-dealkylation sites (tertiary alicyclic amines) is 1. The van der Waals surface area contributed by atoms with Gasteiger partial charge in [0.15, 0.2) is 0 Å². The number of benzene rings is 2. The number of nitrogens with two attached hydrogens (primary N) is 1. The average Bonchev–Trinajstić information content (AvgIpc) is 3.21. The molecule has 2 aromatic rings. The van der Waals surface area contributed by atoms with Gasteiger partial charge in [0.2, 0.25) is 5.91 Å². The number of nitrogen functional groups attached to an aromatic ring is 1. The maximum Gasteiger partial charge on any atom is 0.251 e. The van der Waals surface area contributed by atoms with Gasteiger partial charge in [-0.15, -0.1) is 0 Å². The molecule has 2 amide bonds. The number of carbonyl (C=O) groups is 2. The number of anilines is 2. The first-order valence-electron chi connectivity index (χ1n) is 11.5. The summed E-state index contributed by atoms with van der Waals surface area (Å²) >= 11 is 0. The van der Waals surface area contributed by atoms with Gasteiger partial charge in [-0.25, -0.2) is 0 Å². The highest BCUT2D eigenvalue weighted by Crippen LogP contribution is 2.33. The second kappa shape index (κ2) is 10.0. The van der Waals surface area contributed by atoms with Crippen LogP contribution in [0, 0.1) is 6.92 Å². The summed E-state index contributed by atoms with van der Waals surface area (Å²) in [5.74, 6) is 0.0861. The summed E-state index contributed by atoms with van der Waals surface area (Å²) in [6, 6.07) is 14.4. The van der Waals surface area contributed by atoms with Gasteiger partial charge in [-0.3, -0.25) is 9.59 Å². The van der Waals surface area contributed by atoms with E-state index in [1.165, 1.54) is 11.1 Å². The Morgan fingerprint density at radius 2 is 2.00 bits per heavy atom. The third kappa shape index (κ3) is 5.05. The molecule has 0 bridgehead atoms. The van der Waals surface area contributed by atoms with Crippen LogP contribution in [0.2, 0.25) is 0 Å². The van der Waals surface area contributed by atoms with Gasteiger partial charge < -0.3 is 26.2 Å². The molecule has 1 unspecified atom stereocenters. The summed E-state index contributed by atoms with van der Waals surface area (Å²) in [6.07, 6.45) is 2.34. The zero-order chi connectivity index (χ0) is 22.5. The molecule has 2 saturated heterocycles. The number of amides is 2. The fourth-order valence-corrected chi connectivity index (χ4v) is 4.55. The highest BCUT2D eigenvalue weighted by Gasteiger charge is 2.26. The van der Waals surface area contributed by atoms with Gasteiger partial charge in [-0.1, -0.05) is 29.8 Å². The Morgan fingerprint density at radius 1 is 1.19 bits per heavy atom. The first-order chi connectivity index (χ1) is 15.5. The quantitative estimate of drug-likeness (QED) is 0.459. The zero-order valence-electron chi connectivity index (χ0n) is 18.8. The first-order valence-corrected chi connectivity index (χ1v) is 11.5. The van der Waals surface area contributed by atoms with Crippen LogP contribution in [0.4, 0.5) is 11.4 Å². The molecule has 1 atom stereocenters. The van der Waals surface area contributed by atoms with E-state index in [1.54, 1.807) is 6.07 Å². The highest BCUT2D eigenvalue weighted by atomic mass is 16.2. The first kappa shape index (κ1) is 22.1. The van der Waals surface area contributed by atoms with E-state index in [9.17, 15) is 9.59 Å². The maximum atomic E-state index is 12.6. The molecule has 4 rings (SSSR count). The fraction of sp³-hybridized carbons (Fsp3) is 0.440. The number of nitrogens with zero attached hydrogens (tertiary/aromatic N) is 2. The summed E-state index contributed by atoms with van der Waals surface area (Å²) in [5.41, 5.74) is 11.0. The SMILES string of the molecule is Cc1ccc(C2CNCCN2c2ccc(C(=O)NCCCN3CCCC3=O)cc2N)cc1. The predicted molar refractivity (Wildman–Crippen MR) is 128 cm³/mol. The standard InChI is InChI=1S/C25H33N5O2/c1-18-5-7-19(8-6-18)23-17-27-12-15-30(23)22-10-9-20(16-21(22)26)25(32)28-11-3-14-29-13-2-4-24(29)31/h5-10,16,23,27H,2-4,11-15,17,26H2,1H3,(H,28,32). The lowest BCUT2D eigenvalue weighted by Crippen LogP contribution is -2.46. The van der Waals surface area contributed by atoms with E-state index >= 15 is 0 Å². The minimum atomic E-state index is -0.133. The Morgan fingerprint density at radius 3 is 2.72 bits per heavy atom. The molecule has 7 heteroatoms. The van der Waals surface area contributed by atoms with Crippen LogP contribution < -0.4 is 21.3 Å². The van der Waals surface area contributed by atoms with Crippen molar-refractivity contribution in [2.45, 2.75) is 32.2 Å². The second-order valence-corrected chi connectivity index (χ2v) is 8.69. The van der Waals surface area contributed by atoms with E-state index in [4.69, 9.17) is 5.73 Å². The van der Waals surface area contributed by atoms with E-state index in [1.807, 2.05) is 17.0 Å². The van der Waals surface area contributed by atoms with Crippen LogP contribution in [-0.4, -0.2) is 56.0 Å². The third-order valence-corrected chi connectivity index (χ3v) is 6.37. The lowest BCUT2D eigenvalue weighted by molar-refractivity contribution is -0.127. The fourth-order valence-electron chi connectivity index (χ4n) is 4.55. The molecule has 0 aromatic heterocycles. The summed E-state index contributed by atoms with van der Waals surface area (Å²) in [6.45, 7) is 6.76. The molecular formula is C25H33N5O2. The second-order valence-electron chi connectivity index (χ2n) is 8.69. The van der Waals surface area contributed by atoms with Crippen molar-refractivity contribution >= 4 is 23.2 Å². The summed E-state index contributed by atoms with van der Waals surface area (Å²) < 4.78 is 0. The Kier molecular flexibility index (Phi) is 6.95. The monoisotopic (exact) mass is 435 g/mol. The number of hydrogen-bond acceptors (Lipinski definition) is 5. The molecule has 0 aliphatic carbocycles. The molecule has 4 N–H and O–H groups in total. The van der Waals surface area contributed by atoms with Crippen LogP contribution in [0.5, 0.6) is 0 Å². The van der Waals surface area contributed by atoms with E-state index in [0.29, 0.717) is 30.8 Å². The largest absolute Gasteiger partial charge is 0.397 e. The van der Waals surface area contributed by atoms with E-state index < -0.39 is 0 Å². The molecule has 7 nitrogen and oxygen atoms in total. The van der Waals surface area contributed by atoms with Crippen LogP contribution in [0.3, 0.4) is 0 Å². The third-order valence-electron chi connectivity index (χ3n) is 6.37. The normalized spacial score (nSPS) is 18.8. The van der Waals surface area contributed by atoms with Crippen molar-refractivity contribution in [1.29, 1.82) is 0 Å². The molecule has 2 aliphatic rings. The van der Waals surface area contributed by atoms with Crippen LogP contribution >= 0.6 is 0 Å². The minimum Gasteiger partial charge on any atom is -0.397 e. The minimum absolute atomic E-state index is 0.133. The Hall–Kier alpha value is -3.06. The number of nitrogens with one attached hydrogen (secondary N) is 2. The number of aryl methyl sites for hydroxylation is 1. The van der Waals surface area contributed by atoms with Gasteiger partial charge >= 0.3 is 0 Å². The summed E-state index contributed by atoms with van der Waals surface area (Å²) in [4.78, 5) is 28.5. The summed E-state index contributed by atoms with van der Waals surface area (Å²) in [7, 11) is 0. The lowest BCUT2D eigenvalue weighted by Gasteiger charge is -2.39. The van der Waals surface area contributed by atoms with Crippen LogP contribution in [0.15, 0.2) is 42.5 Å². The lowest BCUT2D eigenvalue weighted by atomic mass is 10.0. The zero-order valence-corrected chi connectivity index (χ0v) is 18.8. The van der Waals surface area contributed by atoms with Crippen molar-refractivity contribution in [3.8, 4) is 0 Å².